The Morgan fingerprint density at radius 2 is 1.97 bits per heavy atom. The Labute approximate surface area is 199 Å². The molecule has 0 saturated heterocycles. The highest BCUT2D eigenvalue weighted by atomic mass is 16.5. The number of aliphatic imine (C=N–C) groups is 2. The molecule has 34 heavy (non-hydrogen) atoms. The zero-order valence-electron chi connectivity index (χ0n) is 19.4. The fourth-order valence-electron chi connectivity index (χ4n) is 5.10. The third kappa shape index (κ3) is 4.08. The van der Waals surface area contributed by atoms with E-state index in [2.05, 4.69) is 10.3 Å². The van der Waals surface area contributed by atoms with Crippen LogP contribution in [0.5, 0.6) is 5.75 Å². The number of nitrogens with one attached hydrogen (secondary N) is 1. The maximum Gasteiger partial charge on any atom is 0.265 e. The Balaban J connectivity index is 1.48. The number of hydrogen-bond donors (Lipinski definition) is 2. The Kier molecular flexibility index (Phi) is 6.13. The lowest BCUT2D eigenvalue weighted by Crippen LogP contribution is -2.53. The van der Waals surface area contributed by atoms with E-state index in [0.29, 0.717) is 12.4 Å². The molecule has 1 saturated carbocycles. The molecule has 1 aliphatic carbocycles. The average Bonchev–Trinajstić information content (AvgIpc) is 3.20. The maximum atomic E-state index is 12.7. The molecule has 2 aliphatic heterocycles. The molecule has 7 nitrogen and oxygen atoms in total. The summed E-state index contributed by atoms with van der Waals surface area (Å²) in [4.78, 5) is 22.1. The number of benzene rings is 2. The van der Waals surface area contributed by atoms with Crippen molar-refractivity contribution in [2.24, 2.45) is 27.7 Å². The highest BCUT2D eigenvalue weighted by Gasteiger charge is 2.48. The lowest BCUT2D eigenvalue weighted by molar-refractivity contribution is -0.750. The molecule has 7 heteroatoms. The second-order valence-electron chi connectivity index (χ2n) is 8.97. The number of hydrogen-bond acceptors (Lipinski definition) is 5. The first-order valence-electron chi connectivity index (χ1n) is 11.8. The van der Waals surface area contributed by atoms with Crippen LogP contribution in [0, 0.1) is 11.8 Å². The second kappa shape index (κ2) is 9.37. The SMILES string of the molecule is CNC(=O)C1CCCCC1C1=C2C=NC=C[N+]2(N)C(c2cccc(OCc3ccccc3)c2)=N1. The molecule has 3 unspecified atom stereocenters. The number of quaternary nitrogens is 1. The number of allylic oxidation sites excluding steroid dienone is 2. The van der Waals surface area contributed by atoms with Crippen LogP contribution in [-0.2, 0) is 11.4 Å². The van der Waals surface area contributed by atoms with Crippen LogP contribution in [0.3, 0.4) is 0 Å². The molecule has 0 spiro atoms. The topological polar surface area (TPSA) is 89.1 Å². The number of rotatable bonds is 6. The predicted octanol–water partition coefficient (Wildman–Crippen LogP) is 4.04. The van der Waals surface area contributed by atoms with Crippen molar-refractivity contribution in [3.8, 4) is 5.75 Å². The summed E-state index contributed by atoms with van der Waals surface area (Å²) in [5.41, 5.74) is 3.68. The van der Waals surface area contributed by atoms with Crippen molar-refractivity contribution in [1.82, 2.24) is 5.32 Å². The molecule has 2 aromatic rings. The van der Waals surface area contributed by atoms with E-state index < -0.39 is 0 Å². The van der Waals surface area contributed by atoms with Crippen molar-refractivity contribution in [1.29, 1.82) is 0 Å². The van der Waals surface area contributed by atoms with E-state index in [1.54, 1.807) is 19.5 Å². The third-order valence-corrected chi connectivity index (χ3v) is 6.86. The van der Waals surface area contributed by atoms with Crippen molar-refractivity contribution in [2.75, 3.05) is 7.05 Å². The zero-order valence-corrected chi connectivity index (χ0v) is 19.4. The molecule has 2 heterocycles. The number of carbonyl (C=O) groups excluding carboxylic acids is 1. The molecule has 3 aliphatic rings. The molecule has 5 rings (SSSR count). The van der Waals surface area contributed by atoms with Gasteiger partial charge in [0.25, 0.3) is 5.84 Å². The normalized spacial score (nSPS) is 25.6. The smallest absolute Gasteiger partial charge is 0.265 e. The van der Waals surface area contributed by atoms with Gasteiger partial charge in [0.15, 0.2) is 0 Å². The molecular formula is C27H30N5O2+. The van der Waals surface area contributed by atoms with E-state index in [-0.39, 0.29) is 22.3 Å². The second-order valence-corrected chi connectivity index (χ2v) is 8.97. The Hall–Kier alpha value is -3.55. The number of amides is 1. The fraction of sp³-hybridized carbons (Fsp3) is 0.296. The van der Waals surface area contributed by atoms with Crippen molar-refractivity contribution < 1.29 is 14.1 Å². The van der Waals surface area contributed by atoms with E-state index in [9.17, 15) is 4.79 Å². The van der Waals surface area contributed by atoms with Crippen molar-refractivity contribution >= 4 is 18.0 Å². The standard InChI is InChI=1S/C27H29N5O2/c1-29-27(33)23-13-6-5-12-22(23)25-24-17-30-14-15-32(24,28)26(31-25)20-10-7-11-21(16-20)34-18-19-8-3-2-4-9-19/h2-4,7-11,14-17,22-23H,5-6,12-13,18,28H2,1H3/p+1. The summed E-state index contributed by atoms with van der Waals surface area (Å²) in [7, 11) is 1.70. The fourth-order valence-corrected chi connectivity index (χ4v) is 5.10. The lowest BCUT2D eigenvalue weighted by Gasteiger charge is -2.30. The number of fused-ring (bicyclic) bond motifs is 1. The van der Waals surface area contributed by atoms with Crippen molar-refractivity contribution in [2.45, 2.75) is 32.3 Å². The monoisotopic (exact) mass is 456 g/mol. The summed E-state index contributed by atoms with van der Waals surface area (Å²) in [5.74, 6) is 8.36. The number of nitrogens with zero attached hydrogens (tertiary/aromatic N) is 3. The highest BCUT2D eigenvalue weighted by molar-refractivity contribution is 6.00. The molecule has 0 bridgehead atoms. The van der Waals surface area contributed by atoms with Crippen LogP contribution in [-0.4, -0.2) is 29.6 Å². The Bertz CT molecular complexity index is 1200. The molecule has 3 atom stereocenters. The van der Waals surface area contributed by atoms with Gasteiger partial charge in [0, 0.05) is 18.9 Å². The quantitative estimate of drug-likeness (QED) is 0.508. The predicted molar refractivity (Wildman–Crippen MR) is 132 cm³/mol. The molecule has 1 amide bonds. The van der Waals surface area contributed by atoms with Crippen LogP contribution >= 0.6 is 0 Å². The number of ether oxygens (including phenoxy) is 1. The molecule has 3 N–H and O–H groups in total. The first-order chi connectivity index (χ1) is 16.6. The molecule has 2 aromatic carbocycles. The minimum Gasteiger partial charge on any atom is -0.489 e. The van der Waals surface area contributed by atoms with Crippen molar-refractivity contribution in [3.63, 3.8) is 0 Å². The van der Waals surface area contributed by atoms with E-state index in [0.717, 1.165) is 54.0 Å². The summed E-state index contributed by atoms with van der Waals surface area (Å²) >= 11 is 0. The molecular weight excluding hydrogens is 426 g/mol. The molecule has 0 radical (unpaired) electrons. The van der Waals surface area contributed by atoms with Gasteiger partial charge in [-0.25, -0.2) is 0 Å². The Morgan fingerprint density at radius 1 is 1.15 bits per heavy atom. The van der Waals surface area contributed by atoms with Crippen LogP contribution in [0.1, 0.15) is 36.8 Å². The van der Waals surface area contributed by atoms with Crippen LogP contribution in [0.4, 0.5) is 0 Å². The summed E-state index contributed by atoms with van der Waals surface area (Å²) < 4.78 is 6.00. The zero-order chi connectivity index (χ0) is 23.5. The van der Waals surface area contributed by atoms with Gasteiger partial charge in [-0.15, -0.1) is 4.59 Å². The minimum absolute atomic E-state index is 0.0118. The van der Waals surface area contributed by atoms with Crippen LogP contribution in [0.15, 0.2) is 88.4 Å². The van der Waals surface area contributed by atoms with Gasteiger partial charge in [-0.2, -0.15) is 10.8 Å². The number of amidine groups is 1. The van der Waals surface area contributed by atoms with E-state index in [1.807, 2.05) is 60.8 Å². The van der Waals surface area contributed by atoms with Gasteiger partial charge in [-0.3, -0.25) is 9.79 Å². The van der Waals surface area contributed by atoms with Crippen LogP contribution < -0.4 is 15.9 Å². The largest absolute Gasteiger partial charge is 0.489 e. The highest BCUT2D eigenvalue weighted by Crippen LogP contribution is 2.42. The number of nitrogens with two attached hydrogens (primary N) is 1. The van der Waals surface area contributed by atoms with Crippen molar-refractivity contribution in [3.05, 3.63) is 89.5 Å². The van der Waals surface area contributed by atoms with Gasteiger partial charge in [-0.1, -0.05) is 49.2 Å². The average molecular weight is 457 g/mol. The summed E-state index contributed by atoms with van der Waals surface area (Å²) in [6.45, 7) is 0.483. The molecule has 1 fully saturated rings. The van der Waals surface area contributed by atoms with Gasteiger partial charge in [0.05, 0.1) is 18.0 Å². The molecule has 174 valence electrons. The first kappa shape index (κ1) is 22.3. The number of carbonyl (C=O) groups is 1. The van der Waals surface area contributed by atoms with Gasteiger partial charge in [0.2, 0.25) is 11.6 Å². The van der Waals surface area contributed by atoms with Gasteiger partial charge in [0.1, 0.15) is 24.3 Å². The molecule has 0 aromatic heterocycles. The Morgan fingerprint density at radius 3 is 2.79 bits per heavy atom. The van der Waals surface area contributed by atoms with E-state index >= 15 is 0 Å². The summed E-state index contributed by atoms with van der Waals surface area (Å²) in [6, 6.07) is 17.9. The summed E-state index contributed by atoms with van der Waals surface area (Å²) in [5, 5.41) is 2.84. The van der Waals surface area contributed by atoms with Crippen LogP contribution in [0.2, 0.25) is 0 Å². The van der Waals surface area contributed by atoms with E-state index in [4.69, 9.17) is 15.6 Å². The minimum atomic E-state index is -0.113. The van der Waals surface area contributed by atoms with E-state index in [1.165, 1.54) is 0 Å². The van der Waals surface area contributed by atoms with Gasteiger partial charge < -0.3 is 10.1 Å². The third-order valence-electron chi connectivity index (χ3n) is 6.86. The lowest BCUT2D eigenvalue weighted by atomic mass is 9.76. The maximum absolute atomic E-state index is 12.7. The summed E-state index contributed by atoms with van der Waals surface area (Å²) in [6.07, 6.45) is 9.21. The van der Waals surface area contributed by atoms with Gasteiger partial charge >= 0.3 is 0 Å². The van der Waals surface area contributed by atoms with Gasteiger partial charge in [-0.05, 0) is 36.6 Å². The van der Waals surface area contributed by atoms with Crippen LogP contribution in [0.25, 0.3) is 0 Å². The first-order valence-corrected chi connectivity index (χ1v) is 11.8.